The Hall–Kier alpha value is -2.37. The Bertz CT molecular complexity index is 336. The number of carbonyl (C=O) groups excluding carboxylic acids is 1. The molecular weight excluding hydrogens is 202 g/mol. The number of hydrogen-bond acceptors (Lipinski definition) is 5. The van der Waals surface area contributed by atoms with E-state index in [9.17, 15) is 14.9 Å². The van der Waals surface area contributed by atoms with Gasteiger partial charge in [0.1, 0.15) is 5.75 Å². The van der Waals surface area contributed by atoms with Crippen molar-refractivity contribution in [3.8, 4) is 5.75 Å². The van der Waals surface area contributed by atoms with Gasteiger partial charge in [-0.3, -0.25) is 4.79 Å². The Morgan fingerprint density at radius 1 is 1.47 bits per heavy atom. The summed E-state index contributed by atoms with van der Waals surface area (Å²) in [5, 5.41) is 16.7. The van der Waals surface area contributed by atoms with Crippen LogP contribution in [-0.4, -0.2) is 16.2 Å². The molecule has 0 unspecified atom stereocenters. The van der Waals surface area contributed by atoms with Crippen molar-refractivity contribution in [2.75, 3.05) is 0 Å². The van der Waals surface area contributed by atoms with E-state index in [4.69, 9.17) is 5.11 Å². The summed E-state index contributed by atoms with van der Waals surface area (Å²) in [5.74, 6) is -0.738. The average Bonchev–Trinajstić information content (AvgIpc) is 2.19. The number of nitrogens with zero attached hydrogens (tertiary/aromatic N) is 1. The quantitative estimate of drug-likeness (QED) is 0.452. The first-order valence-electron chi connectivity index (χ1n) is 3.79. The van der Waals surface area contributed by atoms with Gasteiger partial charge in [0.2, 0.25) is 0 Å². The number of phenols is 1. The molecule has 0 aliphatic heterocycles. The summed E-state index contributed by atoms with van der Waals surface area (Å²) in [5.41, 5.74) is 0. The van der Waals surface area contributed by atoms with Gasteiger partial charge in [-0.2, -0.15) is 0 Å². The van der Waals surface area contributed by atoms with Crippen LogP contribution in [0.1, 0.15) is 0 Å². The molecule has 0 radical (unpaired) electrons. The van der Waals surface area contributed by atoms with Crippen LogP contribution in [-0.2, 0) is 9.63 Å². The van der Waals surface area contributed by atoms with Crippen molar-refractivity contribution in [2.45, 2.75) is 0 Å². The van der Waals surface area contributed by atoms with Gasteiger partial charge in [-0.1, -0.05) is 24.8 Å². The summed E-state index contributed by atoms with van der Waals surface area (Å²) in [7, 11) is 0. The number of carbonyl (C=O) groups is 1. The van der Waals surface area contributed by atoms with Crippen molar-refractivity contribution in [3.63, 3.8) is 0 Å². The minimum absolute atomic E-state index is 0.322. The number of hydrogen-bond donors (Lipinski definition) is 1. The maximum Gasteiger partial charge on any atom is 0.326 e. The van der Waals surface area contributed by atoms with E-state index in [2.05, 4.69) is 11.4 Å². The molecule has 0 fully saturated rings. The second-order valence-corrected chi connectivity index (χ2v) is 2.17. The fourth-order valence-corrected chi connectivity index (χ4v) is 0.539. The zero-order valence-corrected chi connectivity index (χ0v) is 7.70. The highest BCUT2D eigenvalue weighted by molar-refractivity contribution is 5.80. The first-order chi connectivity index (χ1) is 7.06. The van der Waals surface area contributed by atoms with Crippen molar-refractivity contribution in [1.82, 2.24) is 0 Å². The lowest BCUT2D eigenvalue weighted by atomic mass is 10.3. The Balaban J connectivity index is 0.000000262. The van der Waals surface area contributed by atoms with Crippen molar-refractivity contribution in [2.24, 2.45) is 0 Å². The topological polar surface area (TPSA) is 89.7 Å². The van der Waals surface area contributed by atoms with E-state index in [0.29, 0.717) is 11.8 Å². The molecule has 6 heteroatoms. The van der Waals surface area contributed by atoms with E-state index in [1.807, 2.05) is 6.07 Å². The van der Waals surface area contributed by atoms with Crippen LogP contribution in [0.15, 0.2) is 43.0 Å². The highest BCUT2D eigenvalue weighted by Crippen LogP contribution is 2.02. The molecule has 1 rings (SSSR count). The van der Waals surface area contributed by atoms with Gasteiger partial charge in [0, 0.05) is 6.08 Å². The van der Waals surface area contributed by atoms with E-state index in [-0.39, 0.29) is 0 Å². The number of phenolic OH excluding ortho intramolecular Hbond substituents is 1. The molecule has 0 aliphatic carbocycles. The summed E-state index contributed by atoms with van der Waals surface area (Å²) >= 11 is 0. The molecule has 6 nitrogen and oxygen atoms in total. The minimum Gasteiger partial charge on any atom is -0.508 e. The van der Waals surface area contributed by atoms with Crippen LogP contribution < -0.4 is 0 Å². The van der Waals surface area contributed by atoms with Crippen molar-refractivity contribution < 1.29 is 19.8 Å². The fraction of sp³-hybridized carbons (Fsp3) is 0. The lowest BCUT2D eigenvalue weighted by molar-refractivity contribution is -0.728. The number of rotatable bonds is 2. The monoisotopic (exact) mass is 211 g/mol. The predicted octanol–water partition coefficient (Wildman–Crippen LogP) is 1.30. The molecule has 0 saturated carbocycles. The second kappa shape index (κ2) is 7.07. The molecule has 0 saturated heterocycles. The van der Waals surface area contributed by atoms with Gasteiger partial charge in [0.05, 0.1) is 0 Å². The van der Waals surface area contributed by atoms with Gasteiger partial charge in [0.15, 0.2) is 0 Å². The summed E-state index contributed by atoms with van der Waals surface area (Å²) in [6.07, 6.45) is 0.711. The Morgan fingerprint density at radius 3 is 2.20 bits per heavy atom. The van der Waals surface area contributed by atoms with Crippen LogP contribution in [0.4, 0.5) is 0 Å². The summed E-state index contributed by atoms with van der Waals surface area (Å²) in [6, 6.07) is 8.71. The average molecular weight is 211 g/mol. The number of aromatic hydroxyl groups is 1. The number of para-hydroxylation sites is 1. The molecule has 0 aliphatic rings. The van der Waals surface area contributed by atoms with Gasteiger partial charge >= 0.3 is 11.1 Å². The highest BCUT2D eigenvalue weighted by Gasteiger charge is 1.98. The lowest BCUT2D eigenvalue weighted by Gasteiger charge is -1.84. The van der Waals surface area contributed by atoms with E-state index < -0.39 is 11.1 Å². The zero-order valence-electron chi connectivity index (χ0n) is 7.70. The summed E-state index contributed by atoms with van der Waals surface area (Å²) < 4.78 is 0. The molecule has 0 atom stereocenters. The van der Waals surface area contributed by atoms with E-state index in [0.717, 1.165) is 0 Å². The van der Waals surface area contributed by atoms with Crippen LogP contribution in [0.2, 0.25) is 0 Å². The second-order valence-electron chi connectivity index (χ2n) is 2.17. The van der Waals surface area contributed by atoms with Gasteiger partial charge in [-0.25, -0.2) is 4.84 Å². The van der Waals surface area contributed by atoms with Crippen molar-refractivity contribution in [1.29, 1.82) is 0 Å². The zero-order chi connectivity index (χ0) is 11.7. The third kappa shape index (κ3) is 7.97. The standard InChI is InChI=1S/C6H6O.C3H3NO4/c7-6-4-2-1-3-5-6;1-2-3(5)8-4(6)7/h1-5,7H;2H,1H2. The van der Waals surface area contributed by atoms with Gasteiger partial charge in [-0.05, 0) is 12.1 Å². The molecule has 0 bridgehead atoms. The smallest absolute Gasteiger partial charge is 0.326 e. The SMILES string of the molecule is C=CC(=O)O[N+](=O)[O-].Oc1ccccc1. The first kappa shape index (κ1) is 12.6. The molecule has 0 aromatic heterocycles. The van der Waals surface area contributed by atoms with Gasteiger partial charge < -0.3 is 5.11 Å². The third-order valence-corrected chi connectivity index (χ3v) is 1.09. The molecular formula is C9H9NO5. The Morgan fingerprint density at radius 2 is 2.00 bits per heavy atom. The maximum atomic E-state index is 9.84. The number of benzene rings is 1. The highest BCUT2D eigenvalue weighted by atomic mass is 17.0. The Kier molecular flexibility index (Phi) is 5.96. The predicted molar refractivity (Wildman–Crippen MR) is 51.4 cm³/mol. The summed E-state index contributed by atoms with van der Waals surface area (Å²) in [6.45, 7) is 2.93. The molecule has 1 aromatic carbocycles. The molecule has 15 heavy (non-hydrogen) atoms. The lowest BCUT2D eigenvalue weighted by Crippen LogP contribution is -2.06. The van der Waals surface area contributed by atoms with Crippen LogP contribution in [0.3, 0.4) is 0 Å². The van der Waals surface area contributed by atoms with Gasteiger partial charge in [-0.15, -0.1) is 10.1 Å². The normalized spacial score (nSPS) is 8.00. The first-order valence-corrected chi connectivity index (χ1v) is 3.79. The van der Waals surface area contributed by atoms with Crippen molar-refractivity contribution in [3.05, 3.63) is 53.1 Å². The van der Waals surface area contributed by atoms with E-state index in [1.54, 1.807) is 24.3 Å². The molecule has 1 aromatic rings. The van der Waals surface area contributed by atoms with E-state index in [1.165, 1.54) is 0 Å². The molecule has 0 heterocycles. The van der Waals surface area contributed by atoms with Crippen LogP contribution in [0.25, 0.3) is 0 Å². The fourth-order valence-electron chi connectivity index (χ4n) is 0.539. The largest absolute Gasteiger partial charge is 0.508 e. The van der Waals surface area contributed by atoms with E-state index >= 15 is 0 Å². The molecule has 0 spiro atoms. The van der Waals surface area contributed by atoms with Crippen LogP contribution in [0, 0.1) is 10.1 Å². The minimum atomic E-state index is -1.19. The van der Waals surface area contributed by atoms with Crippen LogP contribution >= 0.6 is 0 Å². The summed E-state index contributed by atoms with van der Waals surface area (Å²) in [4.78, 5) is 22.5. The van der Waals surface area contributed by atoms with Crippen LogP contribution in [0.5, 0.6) is 5.75 Å². The molecule has 1 N–H and O–H groups in total. The molecule has 0 amide bonds. The maximum absolute atomic E-state index is 9.84. The van der Waals surface area contributed by atoms with Crippen molar-refractivity contribution >= 4 is 5.97 Å². The third-order valence-electron chi connectivity index (χ3n) is 1.09. The molecule has 80 valence electrons. The Labute approximate surface area is 85.5 Å². The van der Waals surface area contributed by atoms with Gasteiger partial charge in [0.25, 0.3) is 0 Å².